The topological polar surface area (TPSA) is 45.0 Å². The normalized spacial score (nSPS) is 21.9. The van der Waals surface area contributed by atoms with Crippen LogP contribution in [0.4, 0.5) is 4.39 Å². The number of nitriles is 1. The Labute approximate surface area is 120 Å². The van der Waals surface area contributed by atoms with Gasteiger partial charge in [0.05, 0.1) is 12.2 Å². The molecule has 3 nitrogen and oxygen atoms in total. The third-order valence-electron chi connectivity index (χ3n) is 3.40. The summed E-state index contributed by atoms with van der Waals surface area (Å²) in [5.74, 6) is -0.382. The van der Waals surface area contributed by atoms with Gasteiger partial charge in [-0.2, -0.15) is 5.26 Å². The van der Waals surface area contributed by atoms with Crippen LogP contribution in [-0.4, -0.2) is 19.3 Å². The minimum Gasteiger partial charge on any atom is -0.377 e. The van der Waals surface area contributed by atoms with E-state index in [2.05, 4.69) is 27.3 Å². The molecule has 19 heavy (non-hydrogen) atoms. The first kappa shape index (κ1) is 14.4. The van der Waals surface area contributed by atoms with Crippen molar-refractivity contribution >= 4 is 15.9 Å². The van der Waals surface area contributed by atoms with Crippen LogP contribution >= 0.6 is 15.9 Å². The summed E-state index contributed by atoms with van der Waals surface area (Å²) >= 11 is 3.31. The zero-order chi connectivity index (χ0) is 13.9. The molecule has 0 aromatic heterocycles. The number of hydrogen-bond acceptors (Lipinski definition) is 3. The molecule has 1 aliphatic rings. The molecule has 0 aliphatic carbocycles. The molecule has 2 rings (SSSR count). The fourth-order valence-electron chi connectivity index (χ4n) is 2.20. The number of benzene rings is 1. The van der Waals surface area contributed by atoms with E-state index in [1.165, 1.54) is 6.07 Å². The van der Waals surface area contributed by atoms with E-state index in [1.54, 1.807) is 19.1 Å². The van der Waals surface area contributed by atoms with Crippen molar-refractivity contribution in [3.05, 3.63) is 34.1 Å². The van der Waals surface area contributed by atoms with Gasteiger partial charge < -0.3 is 4.74 Å². The highest BCUT2D eigenvalue weighted by atomic mass is 79.9. The van der Waals surface area contributed by atoms with Crippen LogP contribution in [0.5, 0.6) is 0 Å². The summed E-state index contributed by atoms with van der Waals surface area (Å²) in [7, 11) is 0. The molecular formula is C14H16BrFN2O. The zero-order valence-corrected chi connectivity index (χ0v) is 12.3. The molecule has 1 N–H and O–H groups in total. The first-order valence-corrected chi connectivity index (χ1v) is 7.08. The van der Waals surface area contributed by atoms with E-state index in [9.17, 15) is 9.65 Å². The second kappa shape index (κ2) is 6.00. The summed E-state index contributed by atoms with van der Waals surface area (Å²) in [4.78, 5) is 0. The Morgan fingerprint density at radius 2 is 2.42 bits per heavy atom. The zero-order valence-electron chi connectivity index (χ0n) is 10.7. The molecule has 0 saturated carbocycles. The second-order valence-corrected chi connectivity index (χ2v) is 5.79. The van der Waals surface area contributed by atoms with E-state index in [-0.39, 0.29) is 11.9 Å². The maximum absolute atomic E-state index is 13.9. The van der Waals surface area contributed by atoms with Gasteiger partial charge in [0.2, 0.25) is 0 Å². The van der Waals surface area contributed by atoms with E-state index in [0.717, 1.165) is 23.9 Å². The molecule has 1 aliphatic heterocycles. The summed E-state index contributed by atoms with van der Waals surface area (Å²) in [6.45, 7) is 3.00. The van der Waals surface area contributed by atoms with Crippen LogP contribution in [0.25, 0.3) is 0 Å². The molecule has 102 valence electrons. The number of ether oxygens (including phenoxy) is 1. The molecule has 1 saturated heterocycles. The van der Waals surface area contributed by atoms with Gasteiger partial charge in [-0.1, -0.05) is 15.9 Å². The first-order chi connectivity index (χ1) is 9.05. The lowest BCUT2D eigenvalue weighted by molar-refractivity contribution is 0.105. The van der Waals surface area contributed by atoms with E-state index >= 15 is 0 Å². The van der Waals surface area contributed by atoms with Crippen molar-refractivity contribution in [1.29, 1.82) is 5.26 Å². The number of hydrogen-bond donors (Lipinski definition) is 1. The van der Waals surface area contributed by atoms with Gasteiger partial charge in [0.25, 0.3) is 0 Å². The molecule has 1 aromatic rings. The van der Waals surface area contributed by atoms with Crippen molar-refractivity contribution in [3.8, 4) is 6.07 Å². The highest BCUT2D eigenvalue weighted by Crippen LogP contribution is 2.26. The van der Waals surface area contributed by atoms with Crippen molar-refractivity contribution in [1.82, 2.24) is 5.32 Å². The van der Waals surface area contributed by atoms with Crippen molar-refractivity contribution in [3.63, 3.8) is 0 Å². The van der Waals surface area contributed by atoms with Crippen LogP contribution < -0.4 is 5.32 Å². The third kappa shape index (κ3) is 3.33. The largest absolute Gasteiger partial charge is 0.377 e. The van der Waals surface area contributed by atoms with Gasteiger partial charge in [-0.3, -0.25) is 5.32 Å². The Morgan fingerprint density at radius 1 is 1.63 bits per heavy atom. The third-order valence-corrected chi connectivity index (χ3v) is 3.89. The van der Waals surface area contributed by atoms with Crippen LogP contribution in [0.15, 0.2) is 22.7 Å². The maximum Gasteiger partial charge on any atom is 0.132 e. The summed E-state index contributed by atoms with van der Waals surface area (Å²) in [6.07, 6.45) is 2.14. The predicted molar refractivity (Wildman–Crippen MR) is 74.0 cm³/mol. The highest BCUT2D eigenvalue weighted by molar-refractivity contribution is 9.10. The SMILES string of the molecule is CC(C#N)(NCC1CCCO1)c1cc(Br)ccc1F. The maximum atomic E-state index is 13.9. The molecule has 0 radical (unpaired) electrons. The lowest BCUT2D eigenvalue weighted by atomic mass is 9.93. The Morgan fingerprint density at radius 3 is 3.05 bits per heavy atom. The standard InChI is InChI=1S/C14H16BrFN2O/c1-14(9-17,18-8-11-3-2-6-19-11)12-7-10(15)4-5-13(12)16/h4-5,7,11,18H,2-3,6,8H2,1H3. The molecule has 2 unspecified atom stereocenters. The van der Waals surface area contributed by atoms with Crippen molar-refractivity contribution in [2.45, 2.75) is 31.4 Å². The minimum absolute atomic E-state index is 0.114. The van der Waals surface area contributed by atoms with Gasteiger partial charge in [-0.05, 0) is 38.0 Å². The molecule has 0 amide bonds. The average Bonchev–Trinajstić information content (AvgIpc) is 2.92. The molecule has 0 spiro atoms. The highest BCUT2D eigenvalue weighted by Gasteiger charge is 2.30. The first-order valence-electron chi connectivity index (χ1n) is 6.28. The van der Waals surface area contributed by atoms with Crippen LogP contribution in [0, 0.1) is 17.1 Å². The Balaban J connectivity index is 2.16. The van der Waals surface area contributed by atoms with Crippen molar-refractivity contribution in [2.75, 3.05) is 13.2 Å². The van der Waals surface area contributed by atoms with Crippen molar-refractivity contribution < 1.29 is 9.13 Å². The quantitative estimate of drug-likeness (QED) is 0.924. The lowest BCUT2D eigenvalue weighted by Gasteiger charge is -2.26. The van der Waals surface area contributed by atoms with E-state index < -0.39 is 5.54 Å². The molecule has 1 heterocycles. The van der Waals surface area contributed by atoms with E-state index in [1.807, 2.05) is 0 Å². The number of halogens is 2. The fourth-order valence-corrected chi connectivity index (χ4v) is 2.56. The number of nitrogens with one attached hydrogen (secondary N) is 1. The van der Waals surface area contributed by atoms with Gasteiger partial charge in [0.1, 0.15) is 11.4 Å². The monoisotopic (exact) mass is 326 g/mol. The van der Waals surface area contributed by atoms with Gasteiger partial charge in [0, 0.05) is 23.2 Å². The van der Waals surface area contributed by atoms with Gasteiger partial charge in [-0.15, -0.1) is 0 Å². The Kier molecular flexibility index (Phi) is 4.56. The molecule has 5 heteroatoms. The average molecular weight is 327 g/mol. The van der Waals surface area contributed by atoms with Gasteiger partial charge >= 0.3 is 0 Å². The Bertz CT molecular complexity index is 497. The molecule has 1 fully saturated rings. The smallest absolute Gasteiger partial charge is 0.132 e. The molecular weight excluding hydrogens is 311 g/mol. The van der Waals surface area contributed by atoms with Crippen LogP contribution in [0.1, 0.15) is 25.3 Å². The van der Waals surface area contributed by atoms with E-state index in [0.29, 0.717) is 12.1 Å². The van der Waals surface area contributed by atoms with Crippen LogP contribution in [-0.2, 0) is 10.3 Å². The number of rotatable bonds is 4. The van der Waals surface area contributed by atoms with Crippen LogP contribution in [0.2, 0.25) is 0 Å². The van der Waals surface area contributed by atoms with Gasteiger partial charge in [0.15, 0.2) is 0 Å². The number of nitrogens with zero attached hydrogens (tertiary/aromatic N) is 1. The molecule has 1 aromatic carbocycles. The van der Waals surface area contributed by atoms with Crippen LogP contribution in [0.3, 0.4) is 0 Å². The molecule has 2 atom stereocenters. The van der Waals surface area contributed by atoms with Crippen molar-refractivity contribution in [2.24, 2.45) is 0 Å². The summed E-state index contributed by atoms with van der Waals surface area (Å²) in [5.41, 5.74) is -0.706. The Hall–Kier alpha value is -0.960. The molecule has 0 bridgehead atoms. The minimum atomic E-state index is -1.06. The second-order valence-electron chi connectivity index (χ2n) is 4.88. The fraction of sp³-hybridized carbons (Fsp3) is 0.500. The van der Waals surface area contributed by atoms with Gasteiger partial charge in [-0.25, -0.2) is 4.39 Å². The van der Waals surface area contributed by atoms with E-state index in [4.69, 9.17) is 4.74 Å². The summed E-state index contributed by atoms with van der Waals surface area (Å²) in [6, 6.07) is 6.78. The lowest BCUT2D eigenvalue weighted by Crippen LogP contribution is -2.43. The summed E-state index contributed by atoms with van der Waals surface area (Å²) in [5, 5.41) is 12.5. The summed E-state index contributed by atoms with van der Waals surface area (Å²) < 4.78 is 20.2. The predicted octanol–water partition coefficient (Wildman–Crippen LogP) is 3.10.